The van der Waals surface area contributed by atoms with E-state index in [1.54, 1.807) is 0 Å². The number of hydrogen-bond acceptors (Lipinski definition) is 3. The molecule has 0 radical (unpaired) electrons. The lowest BCUT2D eigenvalue weighted by Gasteiger charge is -2.09. The van der Waals surface area contributed by atoms with E-state index in [0.29, 0.717) is 0 Å². The summed E-state index contributed by atoms with van der Waals surface area (Å²) in [6.45, 7) is 2.19. The zero-order chi connectivity index (χ0) is 17.1. The molecule has 6 heteroatoms. The smallest absolute Gasteiger partial charge is 0.251 e. The van der Waals surface area contributed by atoms with Gasteiger partial charge < -0.3 is 5.32 Å². The summed E-state index contributed by atoms with van der Waals surface area (Å²) in [5.41, 5.74) is 2.87. The van der Waals surface area contributed by atoms with Crippen LogP contribution in [-0.4, -0.2) is 10.9 Å². The van der Waals surface area contributed by atoms with Gasteiger partial charge in [-0.15, -0.1) is 11.3 Å². The van der Waals surface area contributed by atoms with E-state index in [-0.39, 0.29) is 12.1 Å². The summed E-state index contributed by atoms with van der Waals surface area (Å²) in [4.78, 5) is 16.6. The van der Waals surface area contributed by atoms with Gasteiger partial charge in [-0.2, -0.15) is 0 Å². The molecule has 0 saturated heterocycles. The number of halogens is 2. The van der Waals surface area contributed by atoms with E-state index in [0.717, 1.165) is 34.0 Å². The van der Waals surface area contributed by atoms with Gasteiger partial charge in [0.1, 0.15) is 5.01 Å². The summed E-state index contributed by atoms with van der Waals surface area (Å²) >= 11 is 1.54. The molecule has 1 aromatic heterocycles. The number of benzene rings is 2. The van der Waals surface area contributed by atoms with Crippen LogP contribution in [0.1, 0.15) is 21.6 Å². The molecule has 3 nitrogen and oxygen atoms in total. The first-order valence-corrected chi connectivity index (χ1v) is 8.16. The van der Waals surface area contributed by atoms with Gasteiger partial charge in [-0.25, -0.2) is 13.8 Å². The van der Waals surface area contributed by atoms with Gasteiger partial charge in [0.25, 0.3) is 5.91 Å². The molecule has 0 aliphatic carbocycles. The quantitative estimate of drug-likeness (QED) is 0.765. The van der Waals surface area contributed by atoms with E-state index in [1.807, 2.05) is 36.6 Å². The number of carbonyl (C=O) groups is 1. The van der Waals surface area contributed by atoms with E-state index in [1.165, 1.54) is 17.4 Å². The lowest BCUT2D eigenvalue weighted by Crippen LogP contribution is -2.23. The first-order valence-electron chi connectivity index (χ1n) is 7.28. The second-order valence-corrected chi connectivity index (χ2v) is 6.12. The second kappa shape index (κ2) is 6.88. The minimum absolute atomic E-state index is 0.0801. The highest BCUT2D eigenvalue weighted by Crippen LogP contribution is 2.26. The highest BCUT2D eigenvalue weighted by Gasteiger charge is 2.12. The SMILES string of the molecule is Cc1csc(-c2ccccc2CNC(=O)c2ccc(F)c(F)c2)n1. The molecular weight excluding hydrogens is 330 g/mol. The van der Waals surface area contributed by atoms with Crippen molar-refractivity contribution >= 4 is 17.2 Å². The Morgan fingerprint density at radius 3 is 2.67 bits per heavy atom. The third kappa shape index (κ3) is 3.49. The molecule has 1 heterocycles. The monoisotopic (exact) mass is 344 g/mol. The Balaban J connectivity index is 1.77. The van der Waals surface area contributed by atoms with Crippen molar-refractivity contribution in [3.05, 3.63) is 76.3 Å². The summed E-state index contributed by atoms with van der Waals surface area (Å²) < 4.78 is 26.2. The van der Waals surface area contributed by atoms with Crippen LogP contribution >= 0.6 is 11.3 Å². The van der Waals surface area contributed by atoms with E-state index in [9.17, 15) is 13.6 Å². The molecule has 3 rings (SSSR count). The van der Waals surface area contributed by atoms with E-state index >= 15 is 0 Å². The van der Waals surface area contributed by atoms with Crippen molar-refractivity contribution < 1.29 is 13.6 Å². The Hall–Kier alpha value is -2.60. The average Bonchev–Trinajstić information content (AvgIpc) is 3.01. The number of aryl methyl sites for hydroxylation is 1. The molecule has 1 amide bonds. The minimum atomic E-state index is -1.04. The lowest BCUT2D eigenvalue weighted by atomic mass is 10.1. The minimum Gasteiger partial charge on any atom is -0.348 e. The largest absolute Gasteiger partial charge is 0.348 e. The van der Waals surface area contributed by atoms with Gasteiger partial charge >= 0.3 is 0 Å². The zero-order valence-corrected chi connectivity index (χ0v) is 13.7. The molecule has 0 saturated carbocycles. The van der Waals surface area contributed by atoms with Crippen molar-refractivity contribution in [2.24, 2.45) is 0 Å². The van der Waals surface area contributed by atoms with E-state index < -0.39 is 17.5 Å². The van der Waals surface area contributed by atoms with Gasteiger partial charge in [0, 0.05) is 28.7 Å². The molecule has 0 aliphatic heterocycles. The Morgan fingerprint density at radius 2 is 1.96 bits per heavy atom. The van der Waals surface area contributed by atoms with Crippen molar-refractivity contribution in [3.63, 3.8) is 0 Å². The fraction of sp³-hybridized carbons (Fsp3) is 0.111. The molecule has 24 heavy (non-hydrogen) atoms. The number of amides is 1. The molecule has 0 spiro atoms. The molecule has 0 unspecified atom stereocenters. The summed E-state index contributed by atoms with van der Waals surface area (Å²) in [5.74, 6) is -2.48. The zero-order valence-electron chi connectivity index (χ0n) is 12.8. The van der Waals surface area contributed by atoms with Gasteiger partial charge in [0.05, 0.1) is 0 Å². The number of carbonyl (C=O) groups excluding carboxylic acids is 1. The predicted molar refractivity (Wildman–Crippen MR) is 89.8 cm³/mol. The Morgan fingerprint density at radius 1 is 1.17 bits per heavy atom. The first kappa shape index (κ1) is 16.3. The standard InChI is InChI=1S/C18H14F2N2OS/c1-11-10-24-18(22-11)14-5-3-2-4-13(14)9-21-17(23)12-6-7-15(19)16(20)8-12/h2-8,10H,9H2,1H3,(H,21,23). The lowest BCUT2D eigenvalue weighted by molar-refractivity contribution is 0.0950. The topological polar surface area (TPSA) is 42.0 Å². The van der Waals surface area contributed by atoms with Crippen LogP contribution in [0.2, 0.25) is 0 Å². The van der Waals surface area contributed by atoms with Gasteiger partial charge in [0.2, 0.25) is 0 Å². The fourth-order valence-electron chi connectivity index (χ4n) is 2.28. The van der Waals surface area contributed by atoms with Gasteiger partial charge in [0.15, 0.2) is 11.6 Å². The van der Waals surface area contributed by atoms with Gasteiger partial charge in [-0.3, -0.25) is 4.79 Å². The average molecular weight is 344 g/mol. The molecule has 0 aliphatic rings. The molecule has 0 atom stereocenters. The molecule has 1 N–H and O–H groups in total. The van der Waals surface area contributed by atoms with Crippen molar-refractivity contribution in [1.29, 1.82) is 0 Å². The van der Waals surface area contributed by atoms with Crippen LogP contribution in [0.4, 0.5) is 8.78 Å². The van der Waals surface area contributed by atoms with Crippen LogP contribution in [0.5, 0.6) is 0 Å². The van der Waals surface area contributed by atoms with Crippen LogP contribution < -0.4 is 5.32 Å². The van der Waals surface area contributed by atoms with Gasteiger partial charge in [-0.05, 0) is 30.7 Å². The predicted octanol–water partition coefficient (Wildman–Crippen LogP) is 4.33. The van der Waals surface area contributed by atoms with E-state index in [2.05, 4.69) is 10.3 Å². The maximum Gasteiger partial charge on any atom is 0.251 e. The van der Waals surface area contributed by atoms with Crippen molar-refractivity contribution in [1.82, 2.24) is 10.3 Å². The molecule has 122 valence electrons. The summed E-state index contributed by atoms with van der Waals surface area (Å²) in [6.07, 6.45) is 0. The Kier molecular flexibility index (Phi) is 4.66. The van der Waals surface area contributed by atoms with Crippen LogP contribution in [0, 0.1) is 18.6 Å². The molecule has 2 aromatic carbocycles. The van der Waals surface area contributed by atoms with Crippen LogP contribution in [-0.2, 0) is 6.54 Å². The fourth-order valence-corrected chi connectivity index (χ4v) is 3.13. The molecular formula is C18H14F2N2OS. The summed E-state index contributed by atoms with van der Waals surface area (Å²) in [6, 6.07) is 10.7. The second-order valence-electron chi connectivity index (χ2n) is 5.26. The van der Waals surface area contributed by atoms with Crippen LogP contribution in [0.15, 0.2) is 47.8 Å². The number of thiazole rings is 1. The number of hydrogen-bond donors (Lipinski definition) is 1. The van der Waals surface area contributed by atoms with Crippen molar-refractivity contribution in [3.8, 4) is 10.6 Å². The Bertz CT molecular complexity index is 892. The highest BCUT2D eigenvalue weighted by atomic mass is 32.1. The summed E-state index contributed by atoms with van der Waals surface area (Å²) in [7, 11) is 0. The molecule has 3 aromatic rings. The van der Waals surface area contributed by atoms with Crippen molar-refractivity contribution in [2.75, 3.05) is 0 Å². The van der Waals surface area contributed by atoms with E-state index in [4.69, 9.17) is 0 Å². The third-order valence-corrected chi connectivity index (χ3v) is 4.48. The highest BCUT2D eigenvalue weighted by molar-refractivity contribution is 7.13. The third-order valence-electron chi connectivity index (χ3n) is 3.49. The van der Waals surface area contributed by atoms with Crippen LogP contribution in [0.25, 0.3) is 10.6 Å². The maximum atomic E-state index is 13.2. The summed E-state index contributed by atoms with van der Waals surface area (Å²) in [5, 5.41) is 5.57. The molecule has 0 bridgehead atoms. The Labute approximate surface area is 142 Å². The normalized spacial score (nSPS) is 10.6. The van der Waals surface area contributed by atoms with Crippen molar-refractivity contribution in [2.45, 2.75) is 13.5 Å². The van der Waals surface area contributed by atoms with Crippen LogP contribution in [0.3, 0.4) is 0 Å². The van der Waals surface area contributed by atoms with Gasteiger partial charge in [-0.1, -0.05) is 24.3 Å². The maximum absolute atomic E-state index is 13.2. The number of nitrogens with zero attached hydrogens (tertiary/aromatic N) is 1. The number of aromatic nitrogens is 1. The molecule has 0 fully saturated rings. The first-order chi connectivity index (χ1) is 11.5. The number of rotatable bonds is 4. The number of nitrogens with one attached hydrogen (secondary N) is 1.